The number of nitrogens with zero attached hydrogens (tertiary/aromatic N) is 2. The summed E-state index contributed by atoms with van der Waals surface area (Å²) in [6.45, 7) is 0. The van der Waals surface area contributed by atoms with E-state index in [1.165, 1.54) is 85.6 Å². The van der Waals surface area contributed by atoms with Crippen molar-refractivity contribution in [2.75, 3.05) is 0 Å². The Morgan fingerprint density at radius 2 is 0.627 bits per heavy atom. The van der Waals surface area contributed by atoms with Gasteiger partial charge in [-0.2, -0.15) is 0 Å². The predicted molar refractivity (Wildman–Crippen MR) is 279 cm³/mol. The van der Waals surface area contributed by atoms with Crippen molar-refractivity contribution in [3.8, 4) is 33.6 Å². The standard InChI is InChI=1S/C60H36N2O2SSi2/c63-65(64,37-31-33-55-49(35-37)61-47-23-7-1-15-39(47)45-21-13-29-57(59(45)61)66(55)51-25-9-3-17-41(51)42-18-4-10-26-52(42)66)38-32-34-56-50(36-38)62-48-24-8-2-16-40(48)46-22-14-30-58(60(46)62)67(56)53-27-11-5-19-43(53)44-20-6-12-28-54(44)67/h1-36H. The van der Waals surface area contributed by atoms with E-state index in [-0.39, 0.29) is 0 Å². The first-order valence-electron chi connectivity index (χ1n) is 23.0. The molecular weight excluding hydrogens is 869 g/mol. The summed E-state index contributed by atoms with van der Waals surface area (Å²) in [6, 6.07) is 78.7. The van der Waals surface area contributed by atoms with Crippen LogP contribution < -0.4 is 41.5 Å². The highest BCUT2D eigenvalue weighted by atomic mass is 32.2. The minimum atomic E-state index is -4.08. The number of hydrogen-bond donors (Lipinski definition) is 0. The highest BCUT2D eigenvalue weighted by Crippen LogP contribution is 2.42. The minimum absolute atomic E-state index is 0.294. The van der Waals surface area contributed by atoms with Gasteiger partial charge in [0.25, 0.3) is 0 Å². The van der Waals surface area contributed by atoms with Gasteiger partial charge in [-0.05, 0) is 100 Å². The van der Waals surface area contributed by atoms with Gasteiger partial charge in [0.05, 0.1) is 31.9 Å². The van der Waals surface area contributed by atoms with Gasteiger partial charge < -0.3 is 9.13 Å². The first-order valence-corrected chi connectivity index (χ1v) is 28.5. The van der Waals surface area contributed by atoms with Gasteiger partial charge in [-0.25, -0.2) is 8.42 Å². The zero-order valence-electron chi connectivity index (χ0n) is 35.9. The second-order valence-corrected chi connectivity index (χ2v) is 27.9. The largest absolute Gasteiger partial charge is 0.309 e. The third-order valence-corrected chi connectivity index (χ3v) is 27.6. The van der Waals surface area contributed by atoms with E-state index in [1.54, 1.807) is 0 Å². The van der Waals surface area contributed by atoms with Gasteiger partial charge in [0.15, 0.2) is 16.1 Å². The molecule has 7 heteroatoms. The fourth-order valence-electron chi connectivity index (χ4n) is 13.6. The maximum absolute atomic E-state index is 15.8. The van der Waals surface area contributed by atoms with E-state index in [0.29, 0.717) is 9.79 Å². The molecule has 312 valence electrons. The number of benzene rings is 10. The van der Waals surface area contributed by atoms with E-state index in [9.17, 15) is 0 Å². The Bertz CT molecular complexity index is 4030. The summed E-state index contributed by atoms with van der Waals surface area (Å²) in [6.07, 6.45) is 0. The van der Waals surface area contributed by atoms with E-state index >= 15 is 8.42 Å². The van der Waals surface area contributed by atoms with Gasteiger partial charge in [-0.3, -0.25) is 0 Å². The zero-order chi connectivity index (χ0) is 44.0. The molecule has 4 aliphatic heterocycles. The van der Waals surface area contributed by atoms with Crippen molar-refractivity contribution in [1.82, 2.24) is 9.13 Å². The molecule has 0 saturated heterocycles. The predicted octanol–water partition coefficient (Wildman–Crippen LogP) is 8.06. The quantitative estimate of drug-likeness (QED) is 0.165. The smallest absolute Gasteiger partial charge is 0.206 e. The molecule has 0 atom stereocenters. The van der Waals surface area contributed by atoms with Crippen LogP contribution in [0.4, 0.5) is 0 Å². The lowest BCUT2D eigenvalue weighted by Crippen LogP contribution is -2.75. The molecule has 0 N–H and O–H groups in total. The van der Waals surface area contributed by atoms with Crippen LogP contribution in [0.1, 0.15) is 0 Å². The molecule has 6 heterocycles. The zero-order valence-corrected chi connectivity index (χ0v) is 38.7. The molecule has 0 saturated carbocycles. The Morgan fingerprint density at radius 1 is 0.299 bits per heavy atom. The highest BCUT2D eigenvalue weighted by Gasteiger charge is 2.55. The van der Waals surface area contributed by atoms with Crippen LogP contribution in [0.25, 0.3) is 77.2 Å². The normalized spacial score (nSPS) is 14.9. The topological polar surface area (TPSA) is 44.0 Å². The second kappa shape index (κ2) is 12.3. The Morgan fingerprint density at radius 3 is 1.03 bits per heavy atom. The fraction of sp³-hybridized carbons (Fsp3) is 0. The molecule has 12 aromatic rings. The molecule has 16 rings (SSSR count). The molecule has 0 fully saturated rings. The van der Waals surface area contributed by atoms with Crippen LogP contribution in [0.5, 0.6) is 0 Å². The Kier molecular flexibility index (Phi) is 6.70. The molecular formula is C60H36N2O2SSi2. The monoisotopic (exact) mass is 904 g/mol. The van der Waals surface area contributed by atoms with Crippen LogP contribution in [0.15, 0.2) is 228 Å². The van der Waals surface area contributed by atoms with E-state index < -0.39 is 26.0 Å². The maximum Gasteiger partial charge on any atom is 0.206 e. The molecule has 4 nitrogen and oxygen atoms in total. The number of aromatic nitrogens is 2. The molecule has 2 aromatic heterocycles. The number of para-hydroxylation sites is 4. The number of fused-ring (bicyclic) bond motifs is 24. The lowest BCUT2D eigenvalue weighted by Gasteiger charge is -2.38. The summed E-state index contributed by atoms with van der Waals surface area (Å²) in [5, 5.41) is 15.2. The second-order valence-electron chi connectivity index (χ2n) is 18.7. The lowest BCUT2D eigenvalue weighted by atomic mass is 10.1. The molecule has 2 spiro atoms. The average Bonchev–Trinajstić information content (AvgIpc) is 4.09. The molecule has 0 amide bonds. The van der Waals surface area contributed by atoms with Crippen LogP contribution in [0, 0.1) is 0 Å². The highest BCUT2D eigenvalue weighted by molar-refractivity contribution is 7.91. The van der Waals surface area contributed by atoms with Crippen molar-refractivity contribution in [2.24, 2.45) is 0 Å². The number of rotatable bonds is 2. The van der Waals surface area contributed by atoms with Crippen LogP contribution >= 0.6 is 0 Å². The van der Waals surface area contributed by atoms with Gasteiger partial charge in [0.1, 0.15) is 0 Å². The summed E-state index contributed by atoms with van der Waals surface area (Å²) in [4.78, 5) is 0.588. The van der Waals surface area contributed by atoms with Gasteiger partial charge in [-0.15, -0.1) is 0 Å². The molecule has 0 aliphatic carbocycles. The van der Waals surface area contributed by atoms with Crippen LogP contribution in [-0.2, 0) is 9.84 Å². The van der Waals surface area contributed by atoms with Crippen LogP contribution in [0.3, 0.4) is 0 Å². The van der Waals surface area contributed by atoms with E-state index in [4.69, 9.17) is 0 Å². The first kappa shape index (κ1) is 36.4. The summed E-state index contributed by atoms with van der Waals surface area (Å²) < 4.78 is 36.4. The van der Waals surface area contributed by atoms with Crippen molar-refractivity contribution >= 4 is 111 Å². The van der Waals surface area contributed by atoms with Gasteiger partial charge in [-0.1, -0.05) is 182 Å². The van der Waals surface area contributed by atoms with Crippen molar-refractivity contribution in [1.29, 1.82) is 0 Å². The molecule has 0 bridgehead atoms. The van der Waals surface area contributed by atoms with Crippen molar-refractivity contribution in [3.63, 3.8) is 0 Å². The average molecular weight is 905 g/mol. The molecule has 10 aromatic carbocycles. The van der Waals surface area contributed by atoms with E-state index in [2.05, 4.69) is 203 Å². The maximum atomic E-state index is 15.8. The van der Waals surface area contributed by atoms with E-state index in [1.807, 2.05) is 24.3 Å². The number of hydrogen-bond acceptors (Lipinski definition) is 2. The Hall–Kier alpha value is -7.82. The summed E-state index contributed by atoms with van der Waals surface area (Å²) in [7, 11) is -9.97. The summed E-state index contributed by atoms with van der Waals surface area (Å²) in [5.41, 5.74) is 11.5. The molecule has 0 unspecified atom stereocenters. The molecule has 67 heavy (non-hydrogen) atoms. The minimum Gasteiger partial charge on any atom is -0.309 e. The Balaban J connectivity index is 0.985. The SMILES string of the molecule is O=S(=O)(c1ccc2c(c1)-n1c3ccccc3c3cccc(c31)[Si]21c2ccccc2-c2ccccc21)c1ccc2c(c1)-n1c3ccccc3c3cccc(c31)[Si]21c2ccccc2-c2ccccc21. The fourth-order valence-corrected chi connectivity index (χ4v) is 25.9. The molecule has 0 radical (unpaired) electrons. The Labute approximate surface area is 388 Å². The van der Waals surface area contributed by atoms with Crippen molar-refractivity contribution in [2.45, 2.75) is 9.79 Å². The third kappa shape index (κ3) is 4.08. The lowest BCUT2D eigenvalue weighted by molar-refractivity contribution is 0.596. The van der Waals surface area contributed by atoms with Crippen molar-refractivity contribution in [3.05, 3.63) is 218 Å². The number of sulfone groups is 1. The van der Waals surface area contributed by atoms with E-state index in [0.717, 1.165) is 33.2 Å². The first-order chi connectivity index (χ1) is 33.0. The van der Waals surface area contributed by atoms with Crippen LogP contribution in [-0.4, -0.2) is 33.7 Å². The van der Waals surface area contributed by atoms with Gasteiger partial charge in [0, 0.05) is 32.9 Å². The van der Waals surface area contributed by atoms with Gasteiger partial charge in [0.2, 0.25) is 9.84 Å². The van der Waals surface area contributed by atoms with Crippen molar-refractivity contribution < 1.29 is 8.42 Å². The van der Waals surface area contributed by atoms with Gasteiger partial charge >= 0.3 is 0 Å². The summed E-state index contributed by atoms with van der Waals surface area (Å²) in [5.74, 6) is 0. The third-order valence-electron chi connectivity index (χ3n) is 16.0. The molecule has 4 aliphatic rings. The van der Waals surface area contributed by atoms with Crippen LogP contribution in [0.2, 0.25) is 0 Å². The summed E-state index contributed by atoms with van der Waals surface area (Å²) >= 11 is 0.